The van der Waals surface area contributed by atoms with E-state index in [1.807, 2.05) is 59.1 Å². The third-order valence-corrected chi connectivity index (χ3v) is 5.18. The van der Waals surface area contributed by atoms with Crippen molar-refractivity contribution in [3.63, 3.8) is 0 Å². The molecule has 32 heavy (non-hydrogen) atoms. The van der Waals surface area contributed by atoms with Gasteiger partial charge in [0.05, 0.1) is 23.7 Å². The number of aromatic nitrogens is 4. The Morgan fingerprint density at radius 3 is 2.50 bits per heavy atom. The van der Waals surface area contributed by atoms with E-state index in [1.54, 1.807) is 18.3 Å². The van der Waals surface area contributed by atoms with E-state index >= 15 is 0 Å². The standard InChI is InChI=1S/C25H20FN5O/c26-20-8-6-19(7-9-20)23-24(31-13-11-18(16-32)14-22(31)30-23)21-10-12-27-25(29-21)28-15-17-4-2-1-3-5-17/h1-14,32H,15-16H2,(H,27,28,29). The lowest BCUT2D eigenvalue weighted by Crippen LogP contribution is -2.04. The number of aliphatic hydroxyl groups excluding tert-OH is 1. The van der Waals surface area contributed by atoms with Crippen LogP contribution in [0.3, 0.4) is 0 Å². The van der Waals surface area contributed by atoms with Crippen LogP contribution in [-0.4, -0.2) is 24.5 Å². The van der Waals surface area contributed by atoms with Gasteiger partial charge in [-0.15, -0.1) is 0 Å². The second-order valence-corrected chi connectivity index (χ2v) is 7.34. The molecule has 158 valence electrons. The first-order valence-electron chi connectivity index (χ1n) is 10.2. The third-order valence-electron chi connectivity index (χ3n) is 5.18. The predicted molar refractivity (Wildman–Crippen MR) is 121 cm³/mol. The molecule has 3 aromatic heterocycles. The molecule has 0 aliphatic rings. The van der Waals surface area contributed by atoms with Gasteiger partial charge in [-0.25, -0.2) is 19.3 Å². The van der Waals surface area contributed by atoms with Crippen LogP contribution in [-0.2, 0) is 13.2 Å². The van der Waals surface area contributed by atoms with Crippen LogP contribution in [0.5, 0.6) is 0 Å². The Bertz CT molecular complexity index is 1370. The molecule has 0 spiro atoms. The summed E-state index contributed by atoms with van der Waals surface area (Å²) in [5.41, 5.74) is 5.44. The van der Waals surface area contributed by atoms with E-state index in [1.165, 1.54) is 12.1 Å². The van der Waals surface area contributed by atoms with Gasteiger partial charge in [0.15, 0.2) is 0 Å². The summed E-state index contributed by atoms with van der Waals surface area (Å²) >= 11 is 0. The number of benzene rings is 2. The van der Waals surface area contributed by atoms with Crippen LogP contribution in [0.25, 0.3) is 28.3 Å². The molecule has 0 aliphatic heterocycles. The van der Waals surface area contributed by atoms with Crippen LogP contribution in [0, 0.1) is 5.82 Å². The summed E-state index contributed by atoms with van der Waals surface area (Å²) < 4.78 is 15.4. The van der Waals surface area contributed by atoms with E-state index in [9.17, 15) is 9.50 Å². The van der Waals surface area contributed by atoms with Crippen LogP contribution < -0.4 is 5.32 Å². The molecule has 2 N–H and O–H groups in total. The maximum absolute atomic E-state index is 13.5. The van der Waals surface area contributed by atoms with Crippen molar-refractivity contribution in [2.24, 2.45) is 0 Å². The monoisotopic (exact) mass is 425 g/mol. The van der Waals surface area contributed by atoms with Crippen LogP contribution in [0.2, 0.25) is 0 Å². The number of rotatable bonds is 6. The molecule has 0 bridgehead atoms. The molecule has 0 saturated heterocycles. The molecule has 0 fully saturated rings. The van der Waals surface area contributed by atoms with Gasteiger partial charge in [-0.3, -0.25) is 4.40 Å². The number of imidazole rings is 1. The minimum Gasteiger partial charge on any atom is -0.392 e. The predicted octanol–water partition coefficient (Wildman–Crippen LogP) is 4.70. The van der Waals surface area contributed by atoms with Crippen LogP contribution in [0.15, 0.2) is 85.2 Å². The van der Waals surface area contributed by atoms with Gasteiger partial charge < -0.3 is 10.4 Å². The number of aliphatic hydroxyl groups is 1. The summed E-state index contributed by atoms with van der Waals surface area (Å²) in [6.07, 6.45) is 3.56. The van der Waals surface area contributed by atoms with Crippen molar-refractivity contribution in [2.75, 3.05) is 5.32 Å². The minimum atomic E-state index is -0.309. The number of hydrogen-bond acceptors (Lipinski definition) is 5. The van der Waals surface area contributed by atoms with Gasteiger partial charge >= 0.3 is 0 Å². The van der Waals surface area contributed by atoms with Crippen LogP contribution >= 0.6 is 0 Å². The maximum atomic E-state index is 13.5. The number of anilines is 1. The molecule has 7 heteroatoms. The van der Waals surface area contributed by atoms with Gasteiger partial charge in [-0.1, -0.05) is 30.3 Å². The number of pyridine rings is 1. The van der Waals surface area contributed by atoms with E-state index in [0.29, 0.717) is 29.5 Å². The minimum absolute atomic E-state index is 0.0777. The molecule has 0 radical (unpaired) electrons. The first-order chi connectivity index (χ1) is 15.7. The van der Waals surface area contributed by atoms with Crippen molar-refractivity contribution in [3.05, 3.63) is 102 Å². The summed E-state index contributed by atoms with van der Waals surface area (Å²) in [5, 5.41) is 12.8. The molecule has 0 amide bonds. The van der Waals surface area contributed by atoms with Gasteiger partial charge in [0.2, 0.25) is 5.95 Å². The van der Waals surface area contributed by atoms with Gasteiger partial charge in [-0.05, 0) is 53.6 Å². The first kappa shape index (κ1) is 19.8. The first-order valence-corrected chi connectivity index (χ1v) is 10.2. The Hall–Kier alpha value is -4.10. The van der Waals surface area contributed by atoms with Crippen LogP contribution in [0.4, 0.5) is 10.3 Å². The fourth-order valence-electron chi connectivity index (χ4n) is 3.59. The average molecular weight is 425 g/mol. The number of nitrogens with one attached hydrogen (secondary N) is 1. The Morgan fingerprint density at radius 1 is 0.906 bits per heavy atom. The molecule has 5 rings (SSSR count). The summed E-state index contributed by atoms with van der Waals surface area (Å²) in [4.78, 5) is 13.8. The largest absolute Gasteiger partial charge is 0.392 e. The highest BCUT2D eigenvalue weighted by Gasteiger charge is 2.18. The van der Waals surface area contributed by atoms with E-state index in [2.05, 4.69) is 10.3 Å². The van der Waals surface area contributed by atoms with E-state index < -0.39 is 0 Å². The van der Waals surface area contributed by atoms with Gasteiger partial charge in [-0.2, -0.15) is 0 Å². The van der Waals surface area contributed by atoms with E-state index in [-0.39, 0.29) is 12.4 Å². The lowest BCUT2D eigenvalue weighted by Gasteiger charge is -2.09. The lowest BCUT2D eigenvalue weighted by atomic mass is 10.1. The van der Waals surface area contributed by atoms with Gasteiger partial charge in [0, 0.05) is 24.5 Å². The summed E-state index contributed by atoms with van der Waals surface area (Å²) in [7, 11) is 0. The van der Waals surface area contributed by atoms with Gasteiger partial charge in [0.1, 0.15) is 11.5 Å². The molecule has 3 heterocycles. The highest BCUT2D eigenvalue weighted by atomic mass is 19.1. The molecule has 0 saturated carbocycles. The molecular formula is C25H20FN5O. The Labute approximate surface area is 184 Å². The molecule has 5 aromatic rings. The van der Waals surface area contributed by atoms with Gasteiger partial charge in [0.25, 0.3) is 0 Å². The Kier molecular flexibility index (Phi) is 5.31. The molecule has 6 nitrogen and oxygen atoms in total. The van der Waals surface area contributed by atoms with Crippen molar-refractivity contribution >= 4 is 11.6 Å². The van der Waals surface area contributed by atoms with E-state index in [4.69, 9.17) is 9.97 Å². The second kappa shape index (κ2) is 8.56. The average Bonchev–Trinajstić information content (AvgIpc) is 3.22. The Morgan fingerprint density at radius 2 is 1.72 bits per heavy atom. The smallest absolute Gasteiger partial charge is 0.223 e. The Balaban J connectivity index is 1.59. The van der Waals surface area contributed by atoms with Crippen molar-refractivity contribution in [2.45, 2.75) is 13.2 Å². The zero-order valence-electron chi connectivity index (χ0n) is 17.1. The highest BCUT2D eigenvalue weighted by molar-refractivity contribution is 5.80. The van der Waals surface area contributed by atoms with Crippen molar-refractivity contribution in [1.29, 1.82) is 0 Å². The SMILES string of the molecule is OCc1ccn2c(-c3ccnc(NCc4ccccc4)n3)c(-c3ccc(F)cc3)nc2c1. The molecular weight excluding hydrogens is 405 g/mol. The number of fused-ring (bicyclic) bond motifs is 1. The van der Waals surface area contributed by atoms with E-state index in [0.717, 1.165) is 22.4 Å². The topological polar surface area (TPSA) is 75.3 Å². The fraction of sp³-hybridized carbons (Fsp3) is 0.0800. The maximum Gasteiger partial charge on any atom is 0.223 e. The molecule has 0 aliphatic carbocycles. The number of hydrogen-bond donors (Lipinski definition) is 2. The number of halogens is 1. The fourth-order valence-corrected chi connectivity index (χ4v) is 3.59. The molecule has 2 aromatic carbocycles. The summed E-state index contributed by atoms with van der Waals surface area (Å²) in [6, 6.07) is 21.7. The van der Waals surface area contributed by atoms with Crippen LogP contribution in [0.1, 0.15) is 11.1 Å². The van der Waals surface area contributed by atoms with Crippen molar-refractivity contribution in [1.82, 2.24) is 19.4 Å². The third kappa shape index (κ3) is 3.93. The second-order valence-electron chi connectivity index (χ2n) is 7.34. The zero-order chi connectivity index (χ0) is 21.9. The highest BCUT2D eigenvalue weighted by Crippen LogP contribution is 2.32. The summed E-state index contributed by atoms with van der Waals surface area (Å²) in [6.45, 7) is 0.522. The summed E-state index contributed by atoms with van der Waals surface area (Å²) in [5.74, 6) is 0.189. The molecule has 0 atom stereocenters. The lowest BCUT2D eigenvalue weighted by molar-refractivity contribution is 0.282. The molecule has 0 unspecified atom stereocenters. The van der Waals surface area contributed by atoms with Crippen molar-refractivity contribution in [3.8, 4) is 22.6 Å². The number of nitrogens with zero attached hydrogens (tertiary/aromatic N) is 4. The quantitative estimate of drug-likeness (QED) is 0.412. The van der Waals surface area contributed by atoms with Crippen molar-refractivity contribution < 1.29 is 9.50 Å². The zero-order valence-corrected chi connectivity index (χ0v) is 17.1. The normalized spacial score (nSPS) is 11.1.